The van der Waals surface area contributed by atoms with Gasteiger partial charge >= 0.3 is 12.0 Å². The Hall–Kier alpha value is -2.24. The minimum atomic E-state index is -1.42. The lowest BCUT2D eigenvalue weighted by molar-refractivity contribution is -0.141. The van der Waals surface area contributed by atoms with Gasteiger partial charge < -0.3 is 35.8 Å². The van der Waals surface area contributed by atoms with Crippen molar-refractivity contribution in [2.75, 3.05) is 13.7 Å². The molecule has 0 aliphatic rings. The summed E-state index contributed by atoms with van der Waals surface area (Å²) in [6.45, 7) is 1.34. The number of aliphatic hydroxyl groups is 1. The summed E-state index contributed by atoms with van der Waals surface area (Å²) >= 11 is 0. The van der Waals surface area contributed by atoms with Gasteiger partial charge in [-0.3, -0.25) is 0 Å². The molecule has 22 heavy (non-hydrogen) atoms. The molecule has 0 aliphatic heterocycles. The number of aliphatic hydroxyl groups excluding tert-OH is 1. The zero-order valence-electron chi connectivity index (χ0n) is 12.1. The maximum atomic E-state index is 11.5. The van der Waals surface area contributed by atoms with E-state index in [1.54, 1.807) is 0 Å². The molecule has 0 aliphatic carbocycles. The Kier molecular flexibility index (Phi) is 6.69. The van der Waals surface area contributed by atoms with Crippen LogP contribution in [0, 0.1) is 0 Å². The van der Waals surface area contributed by atoms with Crippen molar-refractivity contribution in [3.8, 4) is 0 Å². The lowest BCUT2D eigenvalue weighted by Crippen LogP contribution is -2.51. The average molecular weight is 317 g/mol. The number of carbonyl (C=O) groups is 2. The molecule has 3 atom stereocenters. The van der Waals surface area contributed by atoms with Crippen LogP contribution in [0.5, 0.6) is 0 Å². The normalized spacial score (nSPS) is 14.9. The Morgan fingerprint density at radius 1 is 1.50 bits per heavy atom. The van der Waals surface area contributed by atoms with Gasteiger partial charge in [0.05, 0.1) is 25.3 Å². The second-order valence-corrected chi connectivity index (χ2v) is 4.49. The molecular weight excluding hydrogens is 298 g/mol. The van der Waals surface area contributed by atoms with Crippen molar-refractivity contribution in [1.82, 2.24) is 20.8 Å². The van der Waals surface area contributed by atoms with E-state index in [0.29, 0.717) is 0 Å². The molecule has 1 rings (SSSR count). The van der Waals surface area contributed by atoms with Gasteiger partial charge in [0.15, 0.2) is 11.9 Å². The van der Waals surface area contributed by atoms with Crippen LogP contribution in [0.3, 0.4) is 0 Å². The van der Waals surface area contributed by atoms with Crippen LogP contribution in [0.15, 0.2) is 4.52 Å². The first-order valence-electron chi connectivity index (χ1n) is 6.37. The summed E-state index contributed by atoms with van der Waals surface area (Å²) in [6, 6.07) is -2.77. The molecule has 124 valence electrons. The average Bonchev–Trinajstić information content (AvgIpc) is 2.91. The van der Waals surface area contributed by atoms with E-state index in [4.69, 9.17) is 20.1 Å². The summed E-state index contributed by atoms with van der Waals surface area (Å²) in [7, 11) is 1.48. The molecule has 0 fully saturated rings. The second kappa shape index (κ2) is 8.26. The highest BCUT2D eigenvalue weighted by atomic mass is 16.5. The Balaban J connectivity index is 2.49. The van der Waals surface area contributed by atoms with Gasteiger partial charge in [0.2, 0.25) is 5.89 Å². The van der Waals surface area contributed by atoms with E-state index in [-0.39, 0.29) is 24.9 Å². The third-order valence-electron chi connectivity index (χ3n) is 2.60. The molecule has 6 N–H and O–H groups in total. The molecule has 1 heterocycles. The lowest BCUT2D eigenvalue weighted by atomic mass is 10.2. The van der Waals surface area contributed by atoms with Gasteiger partial charge in [-0.2, -0.15) is 4.98 Å². The Labute approximate surface area is 125 Å². The highest BCUT2D eigenvalue weighted by Crippen LogP contribution is 2.06. The number of carboxylic acid groups (broad SMARTS) is 1. The van der Waals surface area contributed by atoms with Crippen LogP contribution in [0.1, 0.15) is 24.7 Å². The Morgan fingerprint density at radius 3 is 2.73 bits per heavy atom. The maximum Gasteiger partial charge on any atom is 0.328 e. The molecule has 2 amide bonds. The highest BCUT2D eigenvalue weighted by Gasteiger charge is 2.25. The summed E-state index contributed by atoms with van der Waals surface area (Å²) in [5.74, 6) is -1.03. The predicted octanol–water partition coefficient (Wildman–Crippen LogP) is -1.65. The monoisotopic (exact) mass is 317 g/mol. The predicted molar refractivity (Wildman–Crippen MR) is 71.6 cm³/mol. The largest absolute Gasteiger partial charge is 0.480 e. The van der Waals surface area contributed by atoms with E-state index in [9.17, 15) is 14.7 Å². The molecule has 1 aromatic rings. The van der Waals surface area contributed by atoms with Crippen LogP contribution >= 0.6 is 0 Å². The van der Waals surface area contributed by atoms with Crippen molar-refractivity contribution in [3.05, 3.63) is 11.7 Å². The fourth-order valence-corrected chi connectivity index (χ4v) is 1.48. The van der Waals surface area contributed by atoms with Crippen molar-refractivity contribution >= 4 is 12.0 Å². The summed E-state index contributed by atoms with van der Waals surface area (Å²) in [5.41, 5.74) is 5.70. The molecule has 0 radical (unpaired) electrons. The number of ether oxygens (including phenoxy) is 1. The van der Waals surface area contributed by atoms with Crippen molar-refractivity contribution < 1.29 is 29.1 Å². The minimum Gasteiger partial charge on any atom is -0.480 e. The van der Waals surface area contributed by atoms with Gasteiger partial charge in [-0.15, -0.1) is 0 Å². The number of amides is 2. The number of carboxylic acids is 1. The number of nitrogens with zero attached hydrogens (tertiary/aromatic N) is 2. The molecule has 11 heteroatoms. The Bertz CT molecular complexity index is 505. The molecule has 1 aromatic heterocycles. The third-order valence-corrected chi connectivity index (χ3v) is 2.60. The summed E-state index contributed by atoms with van der Waals surface area (Å²) in [5, 5.41) is 26.1. The van der Waals surface area contributed by atoms with Crippen molar-refractivity contribution in [1.29, 1.82) is 0 Å². The van der Waals surface area contributed by atoms with Gasteiger partial charge in [-0.1, -0.05) is 5.16 Å². The van der Waals surface area contributed by atoms with E-state index in [2.05, 4.69) is 20.8 Å². The SMILES string of the molecule is COCC(N)c1noc(CNC(=O)NC(C(=O)O)C(C)O)n1. The molecule has 0 aromatic carbocycles. The number of aromatic nitrogens is 2. The minimum absolute atomic E-state index is 0.0978. The van der Waals surface area contributed by atoms with Gasteiger partial charge in [-0.25, -0.2) is 9.59 Å². The summed E-state index contributed by atoms with van der Waals surface area (Å²) in [4.78, 5) is 26.3. The number of hydrogen-bond acceptors (Lipinski definition) is 8. The number of nitrogens with two attached hydrogens (primary N) is 1. The number of rotatable bonds is 8. The first kappa shape index (κ1) is 17.8. The second-order valence-electron chi connectivity index (χ2n) is 4.49. The zero-order valence-corrected chi connectivity index (χ0v) is 12.1. The van der Waals surface area contributed by atoms with Crippen LogP contribution in [0.2, 0.25) is 0 Å². The molecule has 3 unspecified atom stereocenters. The Morgan fingerprint density at radius 2 is 2.18 bits per heavy atom. The fraction of sp³-hybridized carbons (Fsp3) is 0.636. The summed E-state index contributed by atoms with van der Waals surface area (Å²) in [6.07, 6.45) is -1.25. The highest BCUT2D eigenvalue weighted by molar-refractivity contribution is 5.82. The van der Waals surface area contributed by atoms with Crippen LogP contribution < -0.4 is 16.4 Å². The van der Waals surface area contributed by atoms with Crippen molar-refractivity contribution in [2.24, 2.45) is 5.73 Å². The third kappa shape index (κ3) is 5.27. The zero-order chi connectivity index (χ0) is 16.7. The molecular formula is C11H19N5O6. The standard InChI is InChI=1S/C11H19N5O6/c1-5(17)8(10(18)19)15-11(20)13-3-7-14-9(16-22-7)6(12)4-21-2/h5-6,8,17H,3-4,12H2,1-2H3,(H,18,19)(H2,13,15,20). The number of aliphatic carboxylic acids is 1. The number of methoxy groups -OCH3 is 1. The van der Waals surface area contributed by atoms with E-state index >= 15 is 0 Å². The first-order chi connectivity index (χ1) is 10.3. The van der Waals surface area contributed by atoms with Crippen LogP contribution in [0.4, 0.5) is 4.79 Å². The van der Waals surface area contributed by atoms with Crippen molar-refractivity contribution in [2.45, 2.75) is 31.7 Å². The van der Waals surface area contributed by atoms with E-state index in [0.717, 1.165) is 0 Å². The quantitative estimate of drug-likeness (QED) is 0.376. The molecule has 0 spiro atoms. The van der Waals surface area contributed by atoms with Gasteiger partial charge in [0, 0.05) is 7.11 Å². The maximum absolute atomic E-state index is 11.5. The van der Waals surface area contributed by atoms with Gasteiger partial charge in [-0.05, 0) is 6.92 Å². The number of nitrogens with one attached hydrogen (secondary N) is 2. The lowest BCUT2D eigenvalue weighted by Gasteiger charge is -2.16. The van der Waals surface area contributed by atoms with Gasteiger partial charge in [0.25, 0.3) is 0 Å². The first-order valence-corrected chi connectivity index (χ1v) is 6.37. The van der Waals surface area contributed by atoms with E-state index in [1.807, 2.05) is 0 Å². The van der Waals surface area contributed by atoms with Crippen LogP contribution in [0.25, 0.3) is 0 Å². The number of carbonyl (C=O) groups excluding carboxylic acids is 1. The van der Waals surface area contributed by atoms with E-state index in [1.165, 1.54) is 14.0 Å². The molecule has 0 saturated heterocycles. The van der Waals surface area contributed by atoms with Crippen LogP contribution in [-0.2, 0) is 16.1 Å². The smallest absolute Gasteiger partial charge is 0.328 e. The van der Waals surface area contributed by atoms with E-state index < -0.39 is 30.2 Å². The van der Waals surface area contributed by atoms with Crippen LogP contribution in [-0.4, -0.2) is 58.2 Å². The molecule has 11 nitrogen and oxygen atoms in total. The fourth-order valence-electron chi connectivity index (χ4n) is 1.48. The van der Waals surface area contributed by atoms with Crippen molar-refractivity contribution in [3.63, 3.8) is 0 Å². The van der Waals surface area contributed by atoms with Gasteiger partial charge in [0.1, 0.15) is 0 Å². The summed E-state index contributed by atoms with van der Waals surface area (Å²) < 4.78 is 9.73. The number of hydrogen-bond donors (Lipinski definition) is 5. The molecule has 0 bridgehead atoms. The topological polar surface area (TPSA) is 173 Å². The molecule has 0 saturated carbocycles. The number of urea groups is 1.